The molecule has 29 heavy (non-hydrogen) atoms. The van der Waals surface area contributed by atoms with Gasteiger partial charge in [-0.2, -0.15) is 0 Å². The molecule has 0 heterocycles. The van der Waals surface area contributed by atoms with Crippen molar-refractivity contribution in [3.8, 4) is 5.75 Å². The number of benzene rings is 2. The second-order valence-corrected chi connectivity index (χ2v) is 8.10. The quantitative estimate of drug-likeness (QED) is 0.761. The third kappa shape index (κ3) is 7.49. The molecule has 1 atom stereocenters. The average molecular weight is 399 g/mol. The van der Waals surface area contributed by atoms with E-state index in [4.69, 9.17) is 9.47 Å². The maximum Gasteiger partial charge on any atom is 0.410 e. The summed E-state index contributed by atoms with van der Waals surface area (Å²) in [5.74, 6) is 0.397. The minimum absolute atomic E-state index is 0.247. The molecule has 0 saturated heterocycles. The van der Waals surface area contributed by atoms with Crippen LogP contribution in [0.1, 0.15) is 38.8 Å². The Labute approximate surface area is 172 Å². The van der Waals surface area contributed by atoms with Crippen LogP contribution in [0, 0.1) is 6.92 Å². The van der Waals surface area contributed by atoms with Crippen LogP contribution in [0.15, 0.2) is 48.5 Å². The summed E-state index contributed by atoms with van der Waals surface area (Å²) in [5.41, 5.74) is 2.10. The summed E-state index contributed by atoms with van der Waals surface area (Å²) in [5, 5.41) is 2.86. The average Bonchev–Trinajstić information content (AvgIpc) is 2.62. The Hall–Kier alpha value is -3.02. The van der Waals surface area contributed by atoms with Crippen molar-refractivity contribution in [2.45, 2.75) is 52.9 Å². The zero-order valence-electron chi connectivity index (χ0n) is 18.0. The summed E-state index contributed by atoms with van der Waals surface area (Å²) < 4.78 is 11.1. The number of nitrogens with zero attached hydrogens (tertiary/aromatic N) is 1. The number of carbonyl (C=O) groups excluding carboxylic acids is 2. The number of carbonyl (C=O) groups is 2. The molecule has 1 unspecified atom stereocenters. The van der Waals surface area contributed by atoms with Crippen LogP contribution in [-0.2, 0) is 16.1 Å². The lowest BCUT2D eigenvalue weighted by Crippen LogP contribution is -2.33. The molecule has 0 fully saturated rings. The number of nitrogens with one attached hydrogen (secondary N) is 1. The van der Waals surface area contributed by atoms with Gasteiger partial charge in [0.15, 0.2) is 6.10 Å². The Morgan fingerprint density at radius 1 is 1.10 bits per heavy atom. The van der Waals surface area contributed by atoms with Crippen molar-refractivity contribution in [1.82, 2.24) is 4.90 Å². The van der Waals surface area contributed by atoms with Crippen LogP contribution in [0.2, 0.25) is 0 Å². The van der Waals surface area contributed by atoms with Crippen LogP contribution < -0.4 is 10.1 Å². The molecule has 0 aliphatic carbocycles. The topological polar surface area (TPSA) is 67.9 Å². The van der Waals surface area contributed by atoms with Gasteiger partial charge in [-0.1, -0.05) is 29.8 Å². The predicted molar refractivity (Wildman–Crippen MR) is 114 cm³/mol. The van der Waals surface area contributed by atoms with Crippen LogP contribution in [-0.4, -0.2) is 35.7 Å². The zero-order chi connectivity index (χ0) is 21.6. The van der Waals surface area contributed by atoms with Crippen LogP contribution in [0.3, 0.4) is 0 Å². The van der Waals surface area contributed by atoms with E-state index in [-0.39, 0.29) is 5.91 Å². The number of aryl methyl sites for hydroxylation is 1. The van der Waals surface area contributed by atoms with Crippen molar-refractivity contribution >= 4 is 17.7 Å². The van der Waals surface area contributed by atoms with Crippen LogP contribution in [0.4, 0.5) is 10.5 Å². The van der Waals surface area contributed by atoms with Crippen molar-refractivity contribution < 1.29 is 19.1 Å². The van der Waals surface area contributed by atoms with E-state index in [0.717, 1.165) is 11.1 Å². The van der Waals surface area contributed by atoms with Gasteiger partial charge in [0, 0.05) is 19.3 Å². The summed E-state index contributed by atoms with van der Waals surface area (Å²) >= 11 is 0. The van der Waals surface area contributed by atoms with E-state index in [2.05, 4.69) is 5.32 Å². The zero-order valence-corrected chi connectivity index (χ0v) is 18.0. The van der Waals surface area contributed by atoms with Gasteiger partial charge < -0.3 is 19.7 Å². The molecule has 2 rings (SSSR count). The second-order valence-electron chi connectivity index (χ2n) is 8.10. The summed E-state index contributed by atoms with van der Waals surface area (Å²) in [6, 6.07) is 14.9. The number of ether oxygens (including phenoxy) is 2. The number of anilines is 1. The molecule has 0 saturated carbocycles. The molecule has 2 aromatic carbocycles. The van der Waals surface area contributed by atoms with Gasteiger partial charge in [0.1, 0.15) is 11.4 Å². The van der Waals surface area contributed by atoms with Gasteiger partial charge >= 0.3 is 6.09 Å². The summed E-state index contributed by atoms with van der Waals surface area (Å²) in [4.78, 5) is 26.1. The highest BCUT2D eigenvalue weighted by Crippen LogP contribution is 2.17. The van der Waals surface area contributed by atoms with E-state index < -0.39 is 17.8 Å². The maximum absolute atomic E-state index is 12.5. The summed E-state index contributed by atoms with van der Waals surface area (Å²) in [7, 11) is 1.68. The molecule has 6 nitrogen and oxygen atoms in total. The van der Waals surface area contributed by atoms with E-state index in [0.29, 0.717) is 18.0 Å². The Balaban J connectivity index is 1.95. The molecule has 0 aromatic heterocycles. The largest absolute Gasteiger partial charge is 0.481 e. The Morgan fingerprint density at radius 3 is 2.38 bits per heavy atom. The molecule has 0 bridgehead atoms. The normalized spacial score (nSPS) is 12.1. The third-order valence-corrected chi connectivity index (χ3v) is 4.02. The van der Waals surface area contributed by atoms with E-state index in [1.807, 2.05) is 70.2 Å². The molecule has 0 aliphatic heterocycles. The fourth-order valence-corrected chi connectivity index (χ4v) is 2.54. The Bertz CT molecular complexity index is 841. The highest BCUT2D eigenvalue weighted by atomic mass is 16.6. The van der Waals surface area contributed by atoms with Crippen LogP contribution in [0.25, 0.3) is 0 Å². The molecule has 0 aliphatic rings. The first-order chi connectivity index (χ1) is 13.5. The van der Waals surface area contributed by atoms with Gasteiger partial charge in [0.05, 0.1) is 0 Å². The first kappa shape index (κ1) is 22.3. The van der Waals surface area contributed by atoms with Gasteiger partial charge in [0.25, 0.3) is 5.91 Å². The fraction of sp³-hybridized carbons (Fsp3) is 0.391. The highest BCUT2D eigenvalue weighted by Gasteiger charge is 2.20. The minimum Gasteiger partial charge on any atom is -0.481 e. The summed E-state index contributed by atoms with van der Waals surface area (Å²) in [6.45, 7) is 9.55. The van der Waals surface area contributed by atoms with Crippen molar-refractivity contribution in [3.63, 3.8) is 0 Å². The van der Waals surface area contributed by atoms with E-state index in [1.165, 1.54) is 4.90 Å². The Morgan fingerprint density at radius 2 is 1.76 bits per heavy atom. The van der Waals surface area contributed by atoms with Gasteiger partial charge in [0.2, 0.25) is 0 Å². The Kier molecular flexibility index (Phi) is 7.26. The van der Waals surface area contributed by atoms with Crippen molar-refractivity contribution in [1.29, 1.82) is 0 Å². The molecular formula is C23H30N2O4. The molecule has 2 amide bonds. The molecule has 156 valence electrons. The van der Waals surface area contributed by atoms with Gasteiger partial charge in [-0.05, 0) is 64.4 Å². The minimum atomic E-state index is -0.647. The van der Waals surface area contributed by atoms with Gasteiger partial charge in [-0.15, -0.1) is 0 Å². The van der Waals surface area contributed by atoms with Gasteiger partial charge in [-0.25, -0.2) is 4.79 Å². The van der Waals surface area contributed by atoms with Crippen LogP contribution in [0.5, 0.6) is 5.75 Å². The SMILES string of the molecule is Cc1ccc(OC(C)C(=O)Nc2cccc(CN(C)C(=O)OC(C)(C)C)c2)cc1. The lowest BCUT2D eigenvalue weighted by Gasteiger charge is -2.24. The molecule has 1 N–H and O–H groups in total. The second kappa shape index (κ2) is 9.45. The first-order valence-electron chi connectivity index (χ1n) is 9.61. The molecule has 2 aromatic rings. The molecule has 0 spiro atoms. The first-order valence-corrected chi connectivity index (χ1v) is 9.61. The van der Waals surface area contributed by atoms with Gasteiger partial charge in [-0.3, -0.25) is 4.79 Å². The number of rotatable bonds is 6. The predicted octanol–water partition coefficient (Wildman–Crippen LogP) is 4.77. The van der Waals surface area contributed by atoms with E-state index in [9.17, 15) is 9.59 Å². The standard InChI is InChI=1S/C23H30N2O4/c1-16-10-12-20(13-11-16)28-17(2)21(26)24-19-9-7-8-18(14-19)15-25(6)22(27)29-23(3,4)5/h7-14,17H,15H2,1-6H3,(H,24,26). The van der Waals surface area contributed by atoms with Crippen molar-refractivity contribution in [2.75, 3.05) is 12.4 Å². The highest BCUT2D eigenvalue weighted by molar-refractivity contribution is 5.94. The van der Waals surface area contributed by atoms with Crippen LogP contribution >= 0.6 is 0 Å². The van der Waals surface area contributed by atoms with Crippen molar-refractivity contribution in [3.05, 3.63) is 59.7 Å². The van der Waals surface area contributed by atoms with E-state index >= 15 is 0 Å². The monoisotopic (exact) mass is 398 g/mol. The summed E-state index contributed by atoms with van der Waals surface area (Å²) in [6.07, 6.45) is -1.04. The number of amides is 2. The lowest BCUT2D eigenvalue weighted by atomic mass is 10.2. The number of hydrogen-bond donors (Lipinski definition) is 1. The van der Waals surface area contributed by atoms with E-state index in [1.54, 1.807) is 20.0 Å². The third-order valence-electron chi connectivity index (χ3n) is 4.02. The number of hydrogen-bond acceptors (Lipinski definition) is 4. The lowest BCUT2D eigenvalue weighted by molar-refractivity contribution is -0.122. The van der Waals surface area contributed by atoms with Crippen molar-refractivity contribution in [2.24, 2.45) is 0 Å². The fourth-order valence-electron chi connectivity index (χ4n) is 2.54. The maximum atomic E-state index is 12.5. The molecule has 0 radical (unpaired) electrons. The molecular weight excluding hydrogens is 368 g/mol. The molecule has 6 heteroatoms. The smallest absolute Gasteiger partial charge is 0.410 e.